The lowest BCUT2D eigenvalue weighted by atomic mass is 10.1. The molecule has 0 saturated carbocycles. The van der Waals surface area contributed by atoms with Crippen molar-refractivity contribution in [3.63, 3.8) is 0 Å². The Labute approximate surface area is 143 Å². The summed E-state index contributed by atoms with van der Waals surface area (Å²) >= 11 is 0. The Morgan fingerprint density at radius 3 is 2.25 bits per heavy atom. The van der Waals surface area contributed by atoms with E-state index in [1.807, 2.05) is 18.2 Å². The van der Waals surface area contributed by atoms with Crippen LogP contribution in [0.2, 0.25) is 0 Å². The first-order chi connectivity index (χ1) is 11.7. The van der Waals surface area contributed by atoms with Crippen molar-refractivity contribution in [2.75, 3.05) is 23.3 Å². The van der Waals surface area contributed by atoms with Gasteiger partial charge in [-0.25, -0.2) is 4.98 Å². The van der Waals surface area contributed by atoms with Gasteiger partial charge >= 0.3 is 0 Å². The number of rotatable bonds is 6. The van der Waals surface area contributed by atoms with Gasteiger partial charge in [0.15, 0.2) is 0 Å². The van der Waals surface area contributed by atoms with E-state index in [1.165, 1.54) is 5.56 Å². The Hall–Kier alpha value is -2.62. The van der Waals surface area contributed by atoms with Gasteiger partial charge in [0.25, 0.3) is 0 Å². The van der Waals surface area contributed by atoms with E-state index < -0.39 is 0 Å². The van der Waals surface area contributed by atoms with Crippen LogP contribution in [0.5, 0.6) is 0 Å². The fraction of sp³-hybridized carbons (Fsp3) is 0.300. The molecule has 0 aliphatic rings. The Bertz CT molecular complexity index is 807. The molecule has 0 unspecified atom stereocenters. The summed E-state index contributed by atoms with van der Waals surface area (Å²) in [6, 6.07) is 16.6. The fourth-order valence-electron chi connectivity index (χ4n) is 2.83. The van der Waals surface area contributed by atoms with Gasteiger partial charge in [-0.2, -0.15) is 4.98 Å². The van der Waals surface area contributed by atoms with Crippen molar-refractivity contribution < 1.29 is 0 Å². The van der Waals surface area contributed by atoms with Gasteiger partial charge in [-0.05, 0) is 50.1 Å². The zero-order valence-corrected chi connectivity index (χ0v) is 14.6. The molecule has 0 atom stereocenters. The van der Waals surface area contributed by atoms with Crippen LogP contribution in [0.15, 0.2) is 48.5 Å². The second-order valence-corrected chi connectivity index (χ2v) is 5.74. The molecule has 0 bridgehead atoms. The van der Waals surface area contributed by atoms with Crippen LogP contribution in [-0.2, 0) is 6.42 Å². The first-order valence-electron chi connectivity index (χ1n) is 8.62. The second-order valence-electron chi connectivity index (χ2n) is 5.74. The molecule has 1 aromatic heterocycles. The highest BCUT2D eigenvalue weighted by atomic mass is 15.2. The third kappa shape index (κ3) is 3.32. The topological polar surface area (TPSA) is 41.1 Å². The van der Waals surface area contributed by atoms with Crippen molar-refractivity contribution >= 4 is 28.4 Å². The van der Waals surface area contributed by atoms with Gasteiger partial charge in [0.2, 0.25) is 5.95 Å². The summed E-state index contributed by atoms with van der Waals surface area (Å²) in [6.45, 7) is 8.30. The number of para-hydroxylation sites is 1. The summed E-state index contributed by atoms with van der Waals surface area (Å²) in [4.78, 5) is 11.7. The summed E-state index contributed by atoms with van der Waals surface area (Å²) in [7, 11) is 0. The predicted molar refractivity (Wildman–Crippen MR) is 102 cm³/mol. The van der Waals surface area contributed by atoms with Crippen molar-refractivity contribution in [2.24, 2.45) is 0 Å². The third-order valence-electron chi connectivity index (χ3n) is 4.26. The summed E-state index contributed by atoms with van der Waals surface area (Å²) in [5, 5.41) is 4.43. The van der Waals surface area contributed by atoms with Crippen LogP contribution in [0.4, 0.5) is 17.5 Å². The summed E-state index contributed by atoms with van der Waals surface area (Å²) < 4.78 is 0. The maximum absolute atomic E-state index is 4.78. The Balaban J connectivity index is 2.01. The van der Waals surface area contributed by atoms with E-state index in [2.05, 4.69) is 66.3 Å². The number of fused-ring (bicyclic) bond motifs is 1. The molecule has 3 aromatic rings. The highest BCUT2D eigenvalue weighted by molar-refractivity contribution is 5.90. The zero-order valence-electron chi connectivity index (χ0n) is 14.6. The molecule has 1 heterocycles. The Morgan fingerprint density at radius 1 is 0.875 bits per heavy atom. The molecule has 0 aliphatic heterocycles. The number of anilines is 3. The number of nitrogens with zero attached hydrogens (tertiary/aromatic N) is 3. The monoisotopic (exact) mass is 320 g/mol. The quantitative estimate of drug-likeness (QED) is 0.709. The minimum absolute atomic E-state index is 0.639. The lowest BCUT2D eigenvalue weighted by Crippen LogP contribution is -2.23. The lowest BCUT2D eigenvalue weighted by Gasteiger charge is -2.22. The van der Waals surface area contributed by atoms with E-state index in [0.29, 0.717) is 5.95 Å². The third-order valence-corrected chi connectivity index (χ3v) is 4.26. The molecule has 4 heteroatoms. The van der Waals surface area contributed by atoms with Gasteiger partial charge in [-0.3, -0.25) is 0 Å². The number of hydrogen-bond donors (Lipinski definition) is 1. The Morgan fingerprint density at radius 2 is 1.58 bits per heavy atom. The van der Waals surface area contributed by atoms with Crippen molar-refractivity contribution in [1.29, 1.82) is 0 Å². The van der Waals surface area contributed by atoms with Gasteiger partial charge in [0.05, 0.1) is 5.52 Å². The molecule has 0 fully saturated rings. The number of benzene rings is 2. The minimum atomic E-state index is 0.639. The SMILES string of the molecule is CCc1ccc(Nc2nc(N(CC)CC)c3ccccc3n2)cc1. The second kappa shape index (κ2) is 7.30. The van der Waals surface area contributed by atoms with E-state index in [0.717, 1.165) is 41.9 Å². The minimum Gasteiger partial charge on any atom is -0.356 e. The van der Waals surface area contributed by atoms with Gasteiger partial charge in [-0.1, -0.05) is 31.2 Å². The number of hydrogen-bond acceptors (Lipinski definition) is 4. The summed E-state index contributed by atoms with van der Waals surface area (Å²) in [5.74, 6) is 1.62. The van der Waals surface area contributed by atoms with Crippen LogP contribution in [-0.4, -0.2) is 23.1 Å². The molecule has 0 amide bonds. The molecule has 24 heavy (non-hydrogen) atoms. The molecule has 124 valence electrons. The van der Waals surface area contributed by atoms with E-state index in [4.69, 9.17) is 4.98 Å². The van der Waals surface area contributed by atoms with E-state index >= 15 is 0 Å². The highest BCUT2D eigenvalue weighted by Gasteiger charge is 2.12. The van der Waals surface area contributed by atoms with Crippen LogP contribution < -0.4 is 10.2 Å². The molecule has 0 radical (unpaired) electrons. The summed E-state index contributed by atoms with van der Waals surface area (Å²) in [5.41, 5.74) is 3.29. The lowest BCUT2D eigenvalue weighted by molar-refractivity contribution is 0.850. The van der Waals surface area contributed by atoms with Crippen molar-refractivity contribution in [2.45, 2.75) is 27.2 Å². The average Bonchev–Trinajstić information content (AvgIpc) is 2.63. The zero-order chi connectivity index (χ0) is 16.9. The molecular weight excluding hydrogens is 296 g/mol. The fourth-order valence-corrected chi connectivity index (χ4v) is 2.83. The molecule has 0 saturated heterocycles. The largest absolute Gasteiger partial charge is 0.356 e. The number of aromatic nitrogens is 2. The predicted octanol–water partition coefficient (Wildman–Crippen LogP) is 4.78. The molecule has 0 spiro atoms. The van der Waals surface area contributed by atoms with Gasteiger partial charge in [0.1, 0.15) is 5.82 Å². The van der Waals surface area contributed by atoms with Crippen LogP contribution in [0, 0.1) is 0 Å². The number of aryl methyl sites for hydroxylation is 1. The van der Waals surface area contributed by atoms with E-state index in [1.54, 1.807) is 0 Å². The van der Waals surface area contributed by atoms with E-state index in [9.17, 15) is 0 Å². The van der Waals surface area contributed by atoms with E-state index in [-0.39, 0.29) is 0 Å². The van der Waals surface area contributed by atoms with Gasteiger partial charge in [-0.15, -0.1) is 0 Å². The van der Waals surface area contributed by atoms with Crippen LogP contribution in [0.3, 0.4) is 0 Å². The molecule has 2 aromatic carbocycles. The van der Waals surface area contributed by atoms with Gasteiger partial charge in [0, 0.05) is 24.2 Å². The van der Waals surface area contributed by atoms with Crippen molar-refractivity contribution in [3.8, 4) is 0 Å². The first kappa shape index (κ1) is 16.2. The molecule has 0 aliphatic carbocycles. The maximum atomic E-state index is 4.78. The molecular formula is C20H24N4. The molecule has 3 rings (SSSR count). The van der Waals surface area contributed by atoms with Gasteiger partial charge < -0.3 is 10.2 Å². The molecule has 1 N–H and O–H groups in total. The number of nitrogens with one attached hydrogen (secondary N) is 1. The highest BCUT2D eigenvalue weighted by Crippen LogP contribution is 2.26. The standard InChI is InChI=1S/C20H24N4/c1-4-15-11-13-16(14-12-15)21-20-22-18-10-8-7-9-17(18)19(23-20)24(5-2)6-3/h7-14H,4-6H2,1-3H3,(H,21,22,23). The van der Waals surface area contributed by atoms with Crippen molar-refractivity contribution in [3.05, 3.63) is 54.1 Å². The Kier molecular flexibility index (Phi) is 4.94. The van der Waals surface area contributed by atoms with Crippen molar-refractivity contribution in [1.82, 2.24) is 9.97 Å². The van der Waals surface area contributed by atoms with Crippen LogP contribution >= 0.6 is 0 Å². The maximum Gasteiger partial charge on any atom is 0.229 e. The smallest absolute Gasteiger partial charge is 0.229 e. The van der Waals surface area contributed by atoms with Crippen LogP contribution in [0.25, 0.3) is 10.9 Å². The molecule has 4 nitrogen and oxygen atoms in total. The van der Waals surface area contributed by atoms with Crippen LogP contribution in [0.1, 0.15) is 26.3 Å². The average molecular weight is 320 g/mol. The summed E-state index contributed by atoms with van der Waals surface area (Å²) in [6.07, 6.45) is 1.04. The first-order valence-corrected chi connectivity index (χ1v) is 8.62. The normalized spacial score (nSPS) is 10.8.